The van der Waals surface area contributed by atoms with E-state index in [0.717, 1.165) is 11.4 Å². The fourth-order valence-electron chi connectivity index (χ4n) is 1.43. The average Bonchev–Trinajstić information content (AvgIpc) is 2.31. The number of hydrogen-bond acceptors (Lipinski definition) is 2. The van der Waals surface area contributed by atoms with Crippen LogP contribution in [0.15, 0.2) is 59.5 Å². The van der Waals surface area contributed by atoms with Crippen LogP contribution in [-0.2, 0) is 0 Å². The van der Waals surface area contributed by atoms with Gasteiger partial charge < -0.3 is 5.32 Å². The molecule has 0 fully saturated rings. The van der Waals surface area contributed by atoms with Gasteiger partial charge in [0.15, 0.2) is 0 Å². The van der Waals surface area contributed by atoms with Gasteiger partial charge in [0.25, 0.3) is 0 Å². The number of hydrogen-bond donors (Lipinski definition) is 1. The zero-order chi connectivity index (χ0) is 13.0. The largest absolute Gasteiger partial charge is 0.446 e. The minimum Gasteiger partial charge on any atom is -0.356 e. The number of anilines is 2. The van der Waals surface area contributed by atoms with Crippen molar-refractivity contribution in [3.05, 3.63) is 54.6 Å². The molecule has 0 aromatic heterocycles. The predicted octanol–water partition coefficient (Wildman–Crippen LogP) is 5.04. The van der Waals surface area contributed by atoms with Crippen molar-refractivity contribution in [1.29, 1.82) is 0 Å². The van der Waals surface area contributed by atoms with Gasteiger partial charge in [-0.05, 0) is 48.2 Å². The van der Waals surface area contributed by atoms with Gasteiger partial charge in [0.2, 0.25) is 0 Å². The maximum Gasteiger partial charge on any atom is 0.446 e. The maximum absolute atomic E-state index is 12.1. The summed E-state index contributed by atoms with van der Waals surface area (Å²) in [4.78, 5) is 0.182. The van der Waals surface area contributed by atoms with E-state index in [1.807, 2.05) is 30.3 Å². The first-order valence-corrected chi connectivity index (χ1v) is 6.02. The Labute approximate surface area is 107 Å². The predicted molar refractivity (Wildman–Crippen MR) is 68.1 cm³/mol. The van der Waals surface area contributed by atoms with Crippen LogP contribution in [-0.4, -0.2) is 5.51 Å². The highest BCUT2D eigenvalue weighted by molar-refractivity contribution is 8.00. The lowest BCUT2D eigenvalue weighted by Crippen LogP contribution is -1.98. The van der Waals surface area contributed by atoms with Gasteiger partial charge in [0.1, 0.15) is 0 Å². The van der Waals surface area contributed by atoms with Gasteiger partial charge >= 0.3 is 5.51 Å². The van der Waals surface area contributed by atoms with E-state index in [4.69, 9.17) is 0 Å². The van der Waals surface area contributed by atoms with Crippen molar-refractivity contribution in [2.24, 2.45) is 0 Å². The number of thioether (sulfide) groups is 1. The number of para-hydroxylation sites is 1. The van der Waals surface area contributed by atoms with E-state index in [1.54, 1.807) is 12.1 Å². The Hall–Kier alpha value is -1.62. The first-order chi connectivity index (χ1) is 8.53. The van der Waals surface area contributed by atoms with Crippen LogP contribution < -0.4 is 5.32 Å². The quantitative estimate of drug-likeness (QED) is 0.783. The molecule has 0 spiro atoms. The van der Waals surface area contributed by atoms with E-state index < -0.39 is 5.51 Å². The van der Waals surface area contributed by atoms with Crippen molar-refractivity contribution in [2.45, 2.75) is 10.4 Å². The molecule has 0 aliphatic heterocycles. The minimum absolute atomic E-state index is 0.112. The van der Waals surface area contributed by atoms with Crippen LogP contribution in [0.25, 0.3) is 0 Å². The molecule has 1 N–H and O–H groups in total. The molecule has 0 unspecified atom stereocenters. The van der Waals surface area contributed by atoms with Gasteiger partial charge in [-0.25, -0.2) is 0 Å². The van der Waals surface area contributed by atoms with E-state index in [-0.39, 0.29) is 16.7 Å². The van der Waals surface area contributed by atoms with Gasteiger partial charge in [-0.15, -0.1) is 0 Å². The highest BCUT2D eigenvalue weighted by Crippen LogP contribution is 2.37. The van der Waals surface area contributed by atoms with Gasteiger partial charge in [0, 0.05) is 16.3 Å². The number of rotatable bonds is 3. The molecule has 0 bridgehead atoms. The van der Waals surface area contributed by atoms with Crippen LogP contribution in [0.2, 0.25) is 0 Å². The SMILES string of the molecule is FC(F)(F)Sc1ccc(Nc2ccccc2)cc1. The van der Waals surface area contributed by atoms with Gasteiger partial charge in [-0.2, -0.15) is 13.2 Å². The van der Waals surface area contributed by atoms with E-state index in [1.165, 1.54) is 12.1 Å². The minimum atomic E-state index is -4.24. The lowest BCUT2D eigenvalue weighted by atomic mass is 10.3. The molecule has 0 heterocycles. The molecule has 2 rings (SSSR count). The second kappa shape index (κ2) is 5.35. The molecule has 94 valence electrons. The summed E-state index contributed by atoms with van der Waals surface area (Å²) in [5.41, 5.74) is -2.59. The molecule has 2 aromatic carbocycles. The van der Waals surface area contributed by atoms with E-state index in [0.29, 0.717) is 0 Å². The van der Waals surface area contributed by atoms with Crippen molar-refractivity contribution in [1.82, 2.24) is 0 Å². The van der Waals surface area contributed by atoms with Crippen molar-refractivity contribution in [2.75, 3.05) is 5.32 Å². The summed E-state index contributed by atoms with van der Waals surface area (Å²) in [5, 5.41) is 3.10. The summed E-state index contributed by atoms with van der Waals surface area (Å²) in [6.07, 6.45) is 0. The molecule has 0 aliphatic rings. The lowest BCUT2D eigenvalue weighted by molar-refractivity contribution is -0.0328. The van der Waals surface area contributed by atoms with Crippen LogP contribution in [0.3, 0.4) is 0 Å². The summed E-state index contributed by atoms with van der Waals surface area (Å²) in [6.45, 7) is 0. The van der Waals surface area contributed by atoms with E-state index in [2.05, 4.69) is 5.32 Å². The zero-order valence-electron chi connectivity index (χ0n) is 9.24. The first kappa shape index (κ1) is 12.8. The number of alkyl halides is 3. The number of nitrogens with one attached hydrogen (secondary N) is 1. The number of halogens is 3. The smallest absolute Gasteiger partial charge is 0.356 e. The van der Waals surface area contributed by atoms with Crippen molar-refractivity contribution in [3.63, 3.8) is 0 Å². The second-order valence-corrected chi connectivity index (χ2v) is 4.70. The molecule has 2 aromatic rings. The Morgan fingerprint density at radius 1 is 0.778 bits per heavy atom. The van der Waals surface area contributed by atoms with Crippen molar-refractivity contribution in [3.8, 4) is 0 Å². The van der Waals surface area contributed by atoms with Crippen LogP contribution in [0.4, 0.5) is 24.5 Å². The van der Waals surface area contributed by atoms with Crippen LogP contribution in [0.1, 0.15) is 0 Å². The zero-order valence-corrected chi connectivity index (χ0v) is 10.1. The summed E-state index contributed by atoms with van der Waals surface area (Å²) in [5.74, 6) is 0. The fourth-order valence-corrected chi connectivity index (χ4v) is 1.97. The Morgan fingerprint density at radius 3 is 1.89 bits per heavy atom. The average molecular weight is 269 g/mol. The molecule has 5 heteroatoms. The summed E-state index contributed by atoms with van der Waals surface area (Å²) in [7, 11) is 0. The number of benzene rings is 2. The fraction of sp³-hybridized carbons (Fsp3) is 0.0769. The van der Waals surface area contributed by atoms with Crippen LogP contribution in [0, 0.1) is 0 Å². The van der Waals surface area contributed by atoms with E-state index in [9.17, 15) is 13.2 Å². The topological polar surface area (TPSA) is 12.0 Å². The van der Waals surface area contributed by atoms with Gasteiger partial charge in [0.05, 0.1) is 0 Å². The first-order valence-electron chi connectivity index (χ1n) is 5.21. The molecular weight excluding hydrogens is 259 g/mol. The third kappa shape index (κ3) is 4.00. The van der Waals surface area contributed by atoms with Crippen molar-refractivity contribution >= 4 is 23.1 Å². The highest BCUT2D eigenvalue weighted by atomic mass is 32.2. The molecule has 0 amide bonds. The normalized spacial score (nSPS) is 11.3. The van der Waals surface area contributed by atoms with Crippen molar-refractivity contribution < 1.29 is 13.2 Å². The molecule has 0 aliphatic carbocycles. The molecule has 1 nitrogen and oxygen atoms in total. The third-order valence-corrected chi connectivity index (χ3v) is 2.89. The summed E-state index contributed by atoms with van der Waals surface area (Å²) < 4.78 is 36.4. The standard InChI is InChI=1S/C13H10F3NS/c14-13(15,16)18-12-8-6-11(7-9-12)17-10-4-2-1-3-5-10/h1-9,17H. The Kier molecular flexibility index (Phi) is 3.81. The summed E-state index contributed by atoms with van der Waals surface area (Å²) >= 11 is -0.112. The third-order valence-electron chi connectivity index (χ3n) is 2.15. The van der Waals surface area contributed by atoms with Crippen LogP contribution in [0.5, 0.6) is 0 Å². The highest BCUT2D eigenvalue weighted by Gasteiger charge is 2.28. The van der Waals surface area contributed by atoms with Gasteiger partial charge in [-0.1, -0.05) is 18.2 Å². The summed E-state index contributed by atoms with van der Waals surface area (Å²) in [6, 6.07) is 15.6. The lowest BCUT2D eigenvalue weighted by Gasteiger charge is -2.08. The Bertz CT molecular complexity index is 494. The monoisotopic (exact) mass is 269 g/mol. The molecule has 0 saturated carbocycles. The maximum atomic E-state index is 12.1. The molecular formula is C13H10F3NS. The Balaban J connectivity index is 2.04. The van der Waals surface area contributed by atoms with Gasteiger partial charge in [-0.3, -0.25) is 0 Å². The Morgan fingerprint density at radius 2 is 1.33 bits per heavy atom. The van der Waals surface area contributed by atoms with Crippen LogP contribution >= 0.6 is 11.8 Å². The molecule has 0 atom stereocenters. The second-order valence-electron chi connectivity index (χ2n) is 3.56. The van der Waals surface area contributed by atoms with E-state index >= 15 is 0 Å². The molecule has 0 radical (unpaired) electrons. The molecule has 0 saturated heterocycles. The molecule has 18 heavy (non-hydrogen) atoms.